The van der Waals surface area contributed by atoms with E-state index < -0.39 is 68.5 Å². The predicted molar refractivity (Wildman–Crippen MR) is 65.3 cm³/mol. The standard InChI is InChI=1S/2CH4O2S.4CH3.2Tl/c2*1-4(2)3;;;;;;/h2*1H3,(H,2,3);4*1H3;;/q;;;;;;2*+1/p-2. The van der Waals surface area contributed by atoms with Gasteiger partial charge in [-0.05, 0) is 0 Å². The normalized spacial score (nSPS) is 13.6. The molecular formula is C6H18O4S2Tl2. The third-order valence-corrected chi connectivity index (χ3v) is 17.3. The number of rotatable bonds is 4. The average molecular weight is 627 g/mol. The Kier molecular flexibility index (Phi) is 15.2. The van der Waals surface area contributed by atoms with Gasteiger partial charge in [0, 0.05) is 0 Å². The molecule has 0 N–H and O–H groups in total. The van der Waals surface area contributed by atoms with Gasteiger partial charge in [0.25, 0.3) is 0 Å². The van der Waals surface area contributed by atoms with Crippen molar-refractivity contribution in [2.45, 2.75) is 17.9 Å². The van der Waals surface area contributed by atoms with E-state index in [1.54, 1.807) is 12.5 Å². The first-order valence-corrected chi connectivity index (χ1v) is 28.9. The second-order valence-electron chi connectivity index (χ2n) is 3.09. The zero-order valence-corrected chi connectivity index (χ0v) is 20.2. The van der Waals surface area contributed by atoms with Crippen molar-refractivity contribution in [1.82, 2.24) is 0 Å². The van der Waals surface area contributed by atoms with Gasteiger partial charge >= 0.3 is 112 Å². The van der Waals surface area contributed by atoms with Gasteiger partial charge in [-0.25, -0.2) is 0 Å². The van der Waals surface area contributed by atoms with Crippen LogP contribution in [0.5, 0.6) is 0 Å². The van der Waals surface area contributed by atoms with E-state index in [1.807, 2.05) is 0 Å². The summed E-state index contributed by atoms with van der Waals surface area (Å²) in [5.74, 6) is 0. The second-order valence-corrected chi connectivity index (χ2v) is 25.9. The van der Waals surface area contributed by atoms with E-state index in [4.69, 9.17) is 4.27 Å². The molecule has 8 heteroatoms. The molecule has 2 atom stereocenters. The van der Waals surface area contributed by atoms with Crippen LogP contribution in [0.15, 0.2) is 0 Å². The first-order chi connectivity index (χ1) is 6.25. The van der Waals surface area contributed by atoms with Gasteiger partial charge < -0.3 is 0 Å². The van der Waals surface area contributed by atoms with Crippen LogP contribution in [-0.4, -0.2) is 67.2 Å². The molecule has 0 saturated carbocycles. The number of hydrogen-bond acceptors (Lipinski definition) is 4. The van der Waals surface area contributed by atoms with Crippen molar-refractivity contribution >= 4 is 68.5 Å². The van der Waals surface area contributed by atoms with E-state index in [0.717, 1.165) is 0 Å². The Labute approximate surface area is 110 Å². The molecule has 0 bridgehead atoms. The molecule has 0 rings (SSSR count). The Balaban J connectivity index is 0. The van der Waals surface area contributed by atoms with Crippen LogP contribution in [-0.2, 0) is 26.4 Å². The summed E-state index contributed by atoms with van der Waals surface area (Å²) in [5.41, 5.74) is 0. The first kappa shape index (κ1) is 18.4. The molecule has 0 radical (unpaired) electrons. The van der Waals surface area contributed by atoms with Crippen LogP contribution in [0, 0.1) is 0 Å². The molecule has 0 fully saturated rings. The van der Waals surface area contributed by atoms with E-state index in [1.165, 1.54) is 0 Å². The minimum absolute atomic E-state index is 0.997. The van der Waals surface area contributed by atoms with Gasteiger partial charge in [0.15, 0.2) is 0 Å². The second kappa shape index (κ2) is 11.5. The average Bonchev–Trinajstić information content (AvgIpc) is 1.79. The summed E-state index contributed by atoms with van der Waals surface area (Å²) in [6, 6.07) is 0. The molecule has 0 aliphatic carbocycles. The zero-order valence-electron chi connectivity index (χ0n) is 9.60. The minimum atomic E-state index is -1.69. The molecule has 14 heavy (non-hydrogen) atoms. The zero-order chi connectivity index (χ0) is 11.7. The van der Waals surface area contributed by atoms with Gasteiger partial charge in [-0.2, -0.15) is 0 Å². The Morgan fingerprint density at radius 2 is 1.00 bits per heavy atom. The van der Waals surface area contributed by atoms with Crippen molar-refractivity contribution < 1.29 is 12.7 Å². The molecule has 0 aliphatic rings. The van der Waals surface area contributed by atoms with Gasteiger partial charge in [-0.15, -0.1) is 0 Å². The molecule has 0 aliphatic heterocycles. The SMILES string of the molecule is CS(=O)[O][Tl]([CH3])[CH3].CS(=O)[O][Tl]([CH3])[CH3]. The summed E-state index contributed by atoms with van der Waals surface area (Å²) in [6.07, 6.45) is 3.14. The van der Waals surface area contributed by atoms with E-state index in [9.17, 15) is 8.42 Å². The van der Waals surface area contributed by atoms with Crippen molar-refractivity contribution in [2.75, 3.05) is 12.5 Å². The predicted octanol–water partition coefficient (Wildman–Crippen LogP) is 1.10. The fourth-order valence-electron chi connectivity index (χ4n) is 0.542. The molecule has 0 saturated heterocycles. The van der Waals surface area contributed by atoms with Crippen LogP contribution in [0.25, 0.3) is 0 Å². The Hall–Kier alpha value is 2.06. The van der Waals surface area contributed by atoms with Crippen molar-refractivity contribution in [3.63, 3.8) is 0 Å². The summed E-state index contributed by atoms with van der Waals surface area (Å²) >= 11 is -5.38. The molecule has 0 aromatic heterocycles. The fraction of sp³-hybridized carbons (Fsp3) is 1.00. The molecule has 0 amide bonds. The van der Waals surface area contributed by atoms with E-state index >= 15 is 0 Å². The van der Waals surface area contributed by atoms with Crippen molar-refractivity contribution in [3.8, 4) is 0 Å². The maximum atomic E-state index is 10.2. The van der Waals surface area contributed by atoms with Crippen LogP contribution in [0.2, 0.25) is 17.9 Å². The summed E-state index contributed by atoms with van der Waals surface area (Å²) in [4.78, 5) is 0. The molecule has 0 heterocycles. The van der Waals surface area contributed by atoms with Crippen LogP contribution >= 0.6 is 0 Å². The Morgan fingerprint density at radius 1 is 0.786 bits per heavy atom. The quantitative estimate of drug-likeness (QED) is 0.439. The van der Waals surface area contributed by atoms with Gasteiger partial charge in [0.2, 0.25) is 0 Å². The summed E-state index contributed by atoms with van der Waals surface area (Å²) < 4.78 is 38.6. The van der Waals surface area contributed by atoms with E-state index in [-0.39, 0.29) is 0 Å². The van der Waals surface area contributed by atoms with Gasteiger partial charge in [-0.3, -0.25) is 0 Å². The van der Waals surface area contributed by atoms with Gasteiger partial charge in [0.05, 0.1) is 0 Å². The molecule has 2 unspecified atom stereocenters. The summed E-state index contributed by atoms with van der Waals surface area (Å²) in [7, 11) is 0. The van der Waals surface area contributed by atoms with Crippen LogP contribution in [0.3, 0.4) is 0 Å². The molecule has 4 nitrogen and oxygen atoms in total. The fourth-order valence-corrected chi connectivity index (χ4v) is 14.3. The number of hydrogen-bond donors (Lipinski definition) is 0. The van der Waals surface area contributed by atoms with Gasteiger partial charge in [0.1, 0.15) is 0 Å². The molecular weight excluding hydrogens is 609 g/mol. The third-order valence-electron chi connectivity index (χ3n) is 0.656. The molecule has 84 valence electrons. The molecule has 0 aromatic rings. The third kappa shape index (κ3) is 23.7. The van der Waals surface area contributed by atoms with Crippen molar-refractivity contribution in [1.29, 1.82) is 0 Å². The Bertz CT molecular complexity index is 167. The Morgan fingerprint density at radius 3 is 1.00 bits per heavy atom. The van der Waals surface area contributed by atoms with E-state index in [0.29, 0.717) is 0 Å². The van der Waals surface area contributed by atoms with Gasteiger partial charge in [-0.1, -0.05) is 0 Å². The molecule has 0 spiro atoms. The van der Waals surface area contributed by atoms with E-state index in [2.05, 4.69) is 17.9 Å². The van der Waals surface area contributed by atoms with Crippen molar-refractivity contribution in [2.24, 2.45) is 0 Å². The summed E-state index contributed by atoms with van der Waals surface area (Å²) in [6.45, 7) is 0. The van der Waals surface area contributed by atoms with Crippen LogP contribution in [0.1, 0.15) is 0 Å². The maximum absolute atomic E-state index is 10.2. The topological polar surface area (TPSA) is 52.6 Å². The van der Waals surface area contributed by atoms with Crippen LogP contribution in [0.4, 0.5) is 0 Å². The van der Waals surface area contributed by atoms with Crippen molar-refractivity contribution in [3.05, 3.63) is 0 Å². The molecule has 0 aromatic carbocycles. The summed E-state index contributed by atoms with van der Waals surface area (Å²) in [5, 5.41) is 0. The monoisotopic (exact) mass is 628 g/mol. The first-order valence-electron chi connectivity index (χ1n) is 4.26. The van der Waals surface area contributed by atoms with Crippen LogP contribution < -0.4 is 0 Å².